The Kier molecular flexibility index (Phi) is 6.09. The molecule has 5 heterocycles. The molecule has 2 aliphatic rings. The summed E-state index contributed by atoms with van der Waals surface area (Å²) < 4.78 is 0. The molecule has 2 aliphatic heterocycles. The second kappa shape index (κ2) is 10.2. The van der Waals surface area contributed by atoms with Gasteiger partial charge >= 0.3 is 17.1 Å². The molecular formula is C34H21CuN9. The SMILES string of the molecule is CNCc1ccc2c3nc4nc(nc5[n-]c(nc6nc(nc([n-]3)c2c1)-c1ccccc1-6)c1ccccc51)-c1ccccc1-4.[Cu+2]. The van der Waals surface area contributed by atoms with Crippen molar-refractivity contribution in [2.24, 2.45) is 0 Å². The van der Waals surface area contributed by atoms with E-state index in [0.29, 0.717) is 45.9 Å². The Labute approximate surface area is 261 Å². The van der Waals surface area contributed by atoms with Crippen molar-refractivity contribution in [3.63, 3.8) is 0 Å². The molecule has 213 valence electrons. The number of hydrogen-bond acceptors (Lipinski definition) is 7. The third-order valence-corrected chi connectivity index (χ3v) is 7.87. The number of hydrogen-bond donors (Lipinski definition) is 1. The topological polar surface area (TPSA) is 118 Å². The quantitative estimate of drug-likeness (QED) is 0.238. The number of nitrogens with zero attached hydrogens (tertiary/aromatic N) is 8. The van der Waals surface area contributed by atoms with Crippen molar-refractivity contribution < 1.29 is 17.1 Å². The minimum atomic E-state index is 0. The number of aromatic nitrogens is 8. The fourth-order valence-corrected chi connectivity index (χ4v) is 5.87. The van der Waals surface area contributed by atoms with E-state index in [-0.39, 0.29) is 17.1 Å². The minimum Gasteiger partial charge on any atom is -0.357 e. The minimum absolute atomic E-state index is 0. The van der Waals surface area contributed by atoms with Crippen LogP contribution in [0.2, 0.25) is 0 Å². The molecule has 8 bridgehead atoms. The van der Waals surface area contributed by atoms with Gasteiger partial charge in [-0.15, -0.1) is 0 Å². The molecule has 0 unspecified atom stereocenters. The summed E-state index contributed by atoms with van der Waals surface area (Å²) in [6.45, 7) is 0.718. The van der Waals surface area contributed by atoms with Crippen LogP contribution in [0.5, 0.6) is 0 Å². The van der Waals surface area contributed by atoms with Gasteiger partial charge in [-0.05, 0) is 40.2 Å². The molecule has 0 spiro atoms. The zero-order valence-electron chi connectivity index (χ0n) is 23.2. The van der Waals surface area contributed by atoms with Crippen molar-refractivity contribution in [2.45, 2.75) is 6.54 Å². The predicted octanol–water partition coefficient (Wildman–Crippen LogP) is 5.84. The molecule has 1 radical (unpaired) electrons. The van der Waals surface area contributed by atoms with Crippen LogP contribution in [-0.4, -0.2) is 37.0 Å². The van der Waals surface area contributed by atoms with Crippen LogP contribution in [0.1, 0.15) is 5.56 Å². The monoisotopic (exact) mass is 618 g/mol. The molecule has 0 amide bonds. The van der Waals surface area contributed by atoms with Crippen LogP contribution in [0.3, 0.4) is 0 Å². The van der Waals surface area contributed by atoms with Gasteiger partial charge in [0, 0.05) is 51.4 Å². The Hall–Kier alpha value is -5.28. The van der Waals surface area contributed by atoms with Gasteiger partial charge in [-0.1, -0.05) is 84.9 Å². The van der Waals surface area contributed by atoms with Crippen LogP contribution >= 0.6 is 0 Å². The molecule has 9 nitrogen and oxygen atoms in total. The van der Waals surface area contributed by atoms with Crippen molar-refractivity contribution in [1.29, 1.82) is 0 Å². The van der Waals surface area contributed by atoms with E-state index in [0.717, 1.165) is 55.9 Å². The first-order chi connectivity index (χ1) is 21.2. The van der Waals surface area contributed by atoms with E-state index in [1.807, 2.05) is 79.8 Å². The van der Waals surface area contributed by atoms with Crippen molar-refractivity contribution in [2.75, 3.05) is 7.05 Å². The zero-order chi connectivity index (χ0) is 28.5. The average Bonchev–Trinajstić information content (AvgIpc) is 3.77. The predicted molar refractivity (Wildman–Crippen MR) is 167 cm³/mol. The van der Waals surface area contributed by atoms with Crippen LogP contribution in [0.25, 0.3) is 89.7 Å². The molecule has 0 atom stereocenters. The fraction of sp³-hybridized carbons (Fsp3) is 0.0588. The maximum absolute atomic E-state index is 5.03. The van der Waals surface area contributed by atoms with Gasteiger partial charge in [-0.2, -0.15) is 0 Å². The Morgan fingerprint density at radius 2 is 0.864 bits per heavy atom. The molecule has 0 saturated heterocycles. The van der Waals surface area contributed by atoms with Crippen LogP contribution in [-0.2, 0) is 23.6 Å². The van der Waals surface area contributed by atoms with E-state index in [1.54, 1.807) is 0 Å². The third kappa shape index (κ3) is 4.04. The molecular weight excluding hydrogens is 598 g/mol. The molecule has 10 heteroatoms. The first kappa shape index (κ1) is 26.4. The number of rotatable bonds is 2. The van der Waals surface area contributed by atoms with Crippen molar-refractivity contribution in [1.82, 2.24) is 45.2 Å². The largest absolute Gasteiger partial charge is 2.00 e. The molecule has 7 aromatic rings. The third-order valence-electron chi connectivity index (χ3n) is 7.87. The summed E-state index contributed by atoms with van der Waals surface area (Å²) >= 11 is 0. The van der Waals surface area contributed by atoms with Crippen molar-refractivity contribution in [3.05, 3.63) is 96.6 Å². The molecule has 44 heavy (non-hydrogen) atoms. The molecule has 0 aliphatic carbocycles. The summed E-state index contributed by atoms with van der Waals surface area (Å²) in [7, 11) is 1.93. The Morgan fingerprint density at radius 3 is 1.30 bits per heavy atom. The van der Waals surface area contributed by atoms with Gasteiger partial charge in [0.15, 0.2) is 0 Å². The van der Waals surface area contributed by atoms with Gasteiger partial charge in [0.1, 0.15) is 0 Å². The van der Waals surface area contributed by atoms with Crippen LogP contribution in [0, 0.1) is 0 Å². The average molecular weight is 619 g/mol. The Morgan fingerprint density at radius 1 is 0.477 bits per heavy atom. The number of fused-ring (bicyclic) bond motifs is 20. The molecule has 4 aromatic carbocycles. The molecule has 1 N–H and O–H groups in total. The number of benzene rings is 4. The van der Waals surface area contributed by atoms with Gasteiger partial charge in [0.2, 0.25) is 0 Å². The van der Waals surface area contributed by atoms with Gasteiger partial charge in [-0.3, -0.25) is 0 Å². The second-order valence-electron chi connectivity index (χ2n) is 10.5. The molecule has 0 saturated carbocycles. The van der Waals surface area contributed by atoms with E-state index in [4.69, 9.17) is 39.9 Å². The van der Waals surface area contributed by atoms with Gasteiger partial charge in [-0.25, -0.2) is 9.97 Å². The molecule has 9 rings (SSSR count). The molecule has 0 fully saturated rings. The fourth-order valence-electron chi connectivity index (χ4n) is 5.87. The summed E-state index contributed by atoms with van der Waals surface area (Å²) in [4.78, 5) is 39.7. The van der Waals surface area contributed by atoms with Crippen molar-refractivity contribution >= 4 is 44.1 Å². The second-order valence-corrected chi connectivity index (χ2v) is 10.5. The Balaban J connectivity index is 0.00000289. The van der Waals surface area contributed by atoms with Gasteiger partial charge in [0.05, 0.1) is 23.3 Å². The van der Waals surface area contributed by atoms with E-state index >= 15 is 0 Å². The zero-order valence-corrected chi connectivity index (χ0v) is 24.2. The Bertz CT molecular complexity index is 2440. The smallest absolute Gasteiger partial charge is 0.357 e. The van der Waals surface area contributed by atoms with Crippen LogP contribution < -0.4 is 15.3 Å². The summed E-state index contributed by atoms with van der Waals surface area (Å²) in [6.07, 6.45) is 0. The van der Waals surface area contributed by atoms with Crippen LogP contribution in [0.15, 0.2) is 91.0 Å². The maximum Gasteiger partial charge on any atom is 2.00 e. The standard InChI is InChI=1S/C34H21N9.Cu/c1-35-17-18-14-15-25-26(16-18)34-42-32-24-13-7-6-12-23(24)30(40-32)38-28-20-9-3-2-8-19(20)27(36-28)37-29-21-10-4-5-11-22(21)31(39-29)41-33(25)43-34;/h2-16,35H,17H2,1H3;/q-2;+2. The van der Waals surface area contributed by atoms with E-state index in [2.05, 4.69) is 23.5 Å². The van der Waals surface area contributed by atoms with E-state index in [1.165, 1.54) is 0 Å². The normalized spacial score (nSPS) is 11.8. The van der Waals surface area contributed by atoms with Crippen molar-refractivity contribution in [3.8, 4) is 45.6 Å². The number of nitrogens with one attached hydrogen (secondary N) is 1. The van der Waals surface area contributed by atoms with Gasteiger partial charge < -0.3 is 35.2 Å². The first-order valence-electron chi connectivity index (χ1n) is 14.0. The summed E-state index contributed by atoms with van der Waals surface area (Å²) in [6, 6.07) is 30.2. The summed E-state index contributed by atoms with van der Waals surface area (Å²) in [5, 5.41) is 6.80. The maximum atomic E-state index is 5.03. The van der Waals surface area contributed by atoms with E-state index in [9.17, 15) is 0 Å². The summed E-state index contributed by atoms with van der Waals surface area (Å²) in [5.41, 5.74) is 6.87. The molecule has 3 aromatic heterocycles. The first-order valence-corrected chi connectivity index (χ1v) is 14.0. The van der Waals surface area contributed by atoms with Crippen LogP contribution in [0.4, 0.5) is 0 Å². The van der Waals surface area contributed by atoms with Gasteiger partial charge in [0.25, 0.3) is 0 Å². The summed E-state index contributed by atoms with van der Waals surface area (Å²) in [5.74, 6) is 2.19. The van der Waals surface area contributed by atoms with E-state index < -0.39 is 0 Å².